The molecule has 0 saturated heterocycles. The number of nitrogens with zero attached hydrogens (tertiary/aromatic N) is 1. The van der Waals surface area contributed by atoms with Crippen molar-refractivity contribution < 1.29 is 14.3 Å². The molecule has 1 atom stereocenters. The smallest absolute Gasteiger partial charge is 0.253 e. The van der Waals surface area contributed by atoms with E-state index in [9.17, 15) is 4.79 Å². The van der Waals surface area contributed by atoms with Crippen LogP contribution in [0.5, 0.6) is 5.75 Å². The van der Waals surface area contributed by atoms with Gasteiger partial charge in [-0.1, -0.05) is 55.8 Å². The molecule has 34 heavy (non-hydrogen) atoms. The molecule has 3 rings (SSSR count). The maximum atomic E-state index is 12.6. The summed E-state index contributed by atoms with van der Waals surface area (Å²) in [5.74, 6) is 1.61. The van der Waals surface area contributed by atoms with Crippen molar-refractivity contribution in [3.8, 4) is 5.75 Å². The molecule has 0 aromatic heterocycles. The molecular weight excluding hydrogens is 448 g/mol. The fourth-order valence-corrected chi connectivity index (χ4v) is 3.81. The summed E-state index contributed by atoms with van der Waals surface area (Å²) < 4.78 is 11.1. The Hall–Kier alpha value is -2.76. The van der Waals surface area contributed by atoms with Gasteiger partial charge in [-0.25, -0.2) is 0 Å². The average Bonchev–Trinajstić information content (AvgIpc) is 3.11. The number of benzene rings is 2. The standard InChI is InChI=1S/C26H31ClN2O3.C2H6/c1-18-15-21(9-10-24(18)31-4)11-13-29-17-25(20(3)26(29)30)32-14-12-19(2)28-16-22-7-5-6-8-23(22)27;1-2/h5-10,12,14-15,19,28H,11,13,16-17H2,1-4H3;1-2H3/b14-12+;. The van der Waals surface area contributed by atoms with Gasteiger partial charge in [0.2, 0.25) is 0 Å². The summed E-state index contributed by atoms with van der Waals surface area (Å²) in [5, 5.41) is 4.14. The van der Waals surface area contributed by atoms with E-state index in [4.69, 9.17) is 21.1 Å². The van der Waals surface area contributed by atoms with E-state index in [0.29, 0.717) is 31.0 Å². The lowest BCUT2D eigenvalue weighted by molar-refractivity contribution is -0.125. The van der Waals surface area contributed by atoms with Crippen LogP contribution in [0.25, 0.3) is 0 Å². The Morgan fingerprint density at radius 1 is 1.18 bits per heavy atom. The van der Waals surface area contributed by atoms with Crippen LogP contribution in [-0.4, -0.2) is 37.0 Å². The molecule has 0 saturated carbocycles. The van der Waals surface area contributed by atoms with Crippen molar-refractivity contribution in [2.45, 2.75) is 53.6 Å². The number of nitrogens with one attached hydrogen (secondary N) is 1. The van der Waals surface area contributed by atoms with Crippen LogP contribution in [0.2, 0.25) is 5.02 Å². The van der Waals surface area contributed by atoms with Crippen LogP contribution in [0.15, 0.2) is 66.1 Å². The number of amides is 1. The van der Waals surface area contributed by atoms with Crippen molar-refractivity contribution in [2.24, 2.45) is 0 Å². The Balaban J connectivity index is 0.00000199. The molecule has 0 spiro atoms. The van der Waals surface area contributed by atoms with E-state index in [1.807, 2.05) is 82.0 Å². The maximum Gasteiger partial charge on any atom is 0.253 e. The molecule has 0 bridgehead atoms. The quantitative estimate of drug-likeness (QED) is 0.417. The zero-order chi connectivity index (χ0) is 25.1. The Kier molecular flexibility index (Phi) is 11.2. The van der Waals surface area contributed by atoms with E-state index in [-0.39, 0.29) is 11.9 Å². The van der Waals surface area contributed by atoms with Gasteiger partial charge in [0, 0.05) is 24.2 Å². The molecule has 2 aromatic rings. The van der Waals surface area contributed by atoms with Crippen LogP contribution < -0.4 is 10.1 Å². The number of carbonyl (C=O) groups excluding carboxylic acids is 1. The van der Waals surface area contributed by atoms with Crippen LogP contribution in [0.4, 0.5) is 0 Å². The summed E-state index contributed by atoms with van der Waals surface area (Å²) >= 11 is 6.20. The molecule has 1 amide bonds. The second-order valence-corrected chi connectivity index (χ2v) is 8.44. The van der Waals surface area contributed by atoms with Gasteiger partial charge in [-0.05, 0) is 62.1 Å². The van der Waals surface area contributed by atoms with Gasteiger partial charge in [0.05, 0.1) is 25.5 Å². The zero-order valence-corrected chi connectivity index (χ0v) is 21.9. The Morgan fingerprint density at radius 2 is 1.91 bits per heavy atom. The van der Waals surface area contributed by atoms with E-state index in [2.05, 4.69) is 11.4 Å². The zero-order valence-electron chi connectivity index (χ0n) is 21.2. The molecule has 1 unspecified atom stereocenters. The normalized spacial score (nSPS) is 14.3. The SMILES string of the molecule is CC.COc1ccc(CCN2CC(O/C=C/C(C)NCc3ccccc3Cl)=C(C)C2=O)cc1C. The van der Waals surface area contributed by atoms with E-state index >= 15 is 0 Å². The molecule has 184 valence electrons. The molecule has 2 aromatic carbocycles. The molecule has 5 nitrogen and oxygen atoms in total. The highest BCUT2D eigenvalue weighted by Crippen LogP contribution is 2.22. The van der Waals surface area contributed by atoms with E-state index in [1.165, 1.54) is 5.56 Å². The van der Waals surface area contributed by atoms with Crippen molar-refractivity contribution in [2.75, 3.05) is 20.2 Å². The summed E-state index contributed by atoms with van der Waals surface area (Å²) in [5.41, 5.74) is 4.00. The highest BCUT2D eigenvalue weighted by atomic mass is 35.5. The van der Waals surface area contributed by atoms with Gasteiger partial charge in [0.1, 0.15) is 11.5 Å². The molecule has 1 aliphatic rings. The lowest BCUT2D eigenvalue weighted by atomic mass is 10.1. The van der Waals surface area contributed by atoms with Gasteiger partial charge in [-0.15, -0.1) is 0 Å². The average molecular weight is 485 g/mol. The first-order valence-electron chi connectivity index (χ1n) is 11.8. The maximum absolute atomic E-state index is 12.6. The number of halogens is 1. The Bertz CT molecular complexity index is 1020. The molecule has 0 fully saturated rings. The number of aryl methyl sites for hydroxylation is 1. The molecular formula is C28H37ClN2O3. The first-order valence-corrected chi connectivity index (χ1v) is 12.2. The van der Waals surface area contributed by atoms with E-state index in [1.54, 1.807) is 13.4 Å². The van der Waals surface area contributed by atoms with Gasteiger partial charge >= 0.3 is 0 Å². The predicted molar refractivity (Wildman–Crippen MR) is 140 cm³/mol. The lowest BCUT2D eigenvalue weighted by Gasteiger charge is -2.17. The van der Waals surface area contributed by atoms with Crippen molar-refractivity contribution in [3.05, 3.63) is 87.8 Å². The molecule has 1 aliphatic heterocycles. The van der Waals surface area contributed by atoms with E-state index < -0.39 is 0 Å². The van der Waals surface area contributed by atoms with E-state index in [0.717, 1.165) is 28.3 Å². The minimum absolute atomic E-state index is 0.0310. The minimum Gasteiger partial charge on any atom is -0.496 e. The lowest BCUT2D eigenvalue weighted by Crippen LogP contribution is -2.29. The third kappa shape index (κ3) is 7.64. The van der Waals surface area contributed by atoms with Crippen molar-refractivity contribution >= 4 is 17.5 Å². The van der Waals surface area contributed by atoms with Gasteiger partial charge < -0.3 is 19.7 Å². The number of carbonyl (C=O) groups is 1. The third-order valence-corrected chi connectivity index (χ3v) is 6.01. The molecule has 1 N–H and O–H groups in total. The number of rotatable bonds is 10. The second kappa shape index (κ2) is 13.8. The van der Waals surface area contributed by atoms with Gasteiger partial charge in [0.25, 0.3) is 5.91 Å². The fraction of sp³-hybridized carbons (Fsp3) is 0.393. The minimum atomic E-state index is 0.0310. The molecule has 6 heteroatoms. The largest absolute Gasteiger partial charge is 0.496 e. The second-order valence-electron chi connectivity index (χ2n) is 8.04. The topological polar surface area (TPSA) is 50.8 Å². The predicted octanol–water partition coefficient (Wildman–Crippen LogP) is 6.05. The van der Waals surface area contributed by atoms with Crippen molar-refractivity contribution in [1.29, 1.82) is 0 Å². The van der Waals surface area contributed by atoms with Gasteiger partial charge in [0.15, 0.2) is 0 Å². The number of hydrogen-bond acceptors (Lipinski definition) is 4. The Morgan fingerprint density at radius 3 is 2.59 bits per heavy atom. The van der Waals surface area contributed by atoms with Crippen molar-refractivity contribution in [1.82, 2.24) is 10.2 Å². The number of ether oxygens (including phenoxy) is 2. The van der Waals surface area contributed by atoms with Crippen molar-refractivity contribution in [3.63, 3.8) is 0 Å². The van der Waals surface area contributed by atoms with Crippen LogP contribution >= 0.6 is 11.6 Å². The molecule has 0 radical (unpaired) electrons. The van der Waals surface area contributed by atoms with Crippen LogP contribution in [0.3, 0.4) is 0 Å². The summed E-state index contributed by atoms with van der Waals surface area (Å²) in [6.45, 7) is 11.7. The first-order chi connectivity index (χ1) is 16.4. The summed E-state index contributed by atoms with van der Waals surface area (Å²) in [6, 6.07) is 14.0. The van der Waals surface area contributed by atoms with Gasteiger partial charge in [-0.3, -0.25) is 4.79 Å². The number of hydrogen-bond donors (Lipinski definition) is 1. The highest BCUT2D eigenvalue weighted by molar-refractivity contribution is 6.31. The third-order valence-electron chi connectivity index (χ3n) is 5.64. The van der Waals surface area contributed by atoms with Crippen LogP contribution in [-0.2, 0) is 22.5 Å². The summed E-state index contributed by atoms with van der Waals surface area (Å²) in [4.78, 5) is 14.4. The van der Waals surface area contributed by atoms with Crippen LogP contribution in [0.1, 0.15) is 44.4 Å². The fourth-order valence-electron chi connectivity index (χ4n) is 3.61. The number of methoxy groups -OCH3 is 1. The first kappa shape index (κ1) is 27.5. The van der Waals surface area contributed by atoms with Gasteiger partial charge in [-0.2, -0.15) is 0 Å². The Labute approximate surface area is 209 Å². The molecule has 1 heterocycles. The highest BCUT2D eigenvalue weighted by Gasteiger charge is 2.28. The summed E-state index contributed by atoms with van der Waals surface area (Å²) in [6.07, 6.45) is 4.38. The monoisotopic (exact) mass is 484 g/mol. The molecule has 0 aliphatic carbocycles. The van der Waals surface area contributed by atoms with Crippen LogP contribution in [0, 0.1) is 6.92 Å². The summed E-state index contributed by atoms with van der Waals surface area (Å²) in [7, 11) is 1.67.